The Morgan fingerprint density at radius 2 is 1.68 bits per heavy atom. The summed E-state index contributed by atoms with van der Waals surface area (Å²) in [5.41, 5.74) is 0. The number of nitrogens with one attached hydrogen (secondary N) is 4. The Hall–Kier alpha value is -1.11. The summed E-state index contributed by atoms with van der Waals surface area (Å²) >= 11 is 0. The minimum absolute atomic E-state index is 0.383. The van der Waals surface area contributed by atoms with Crippen LogP contribution in [0.5, 0.6) is 0 Å². The first kappa shape index (κ1) is 17.9. The second-order valence-corrected chi connectivity index (χ2v) is 4.26. The molecular formula is C13H28N4O2. The van der Waals surface area contributed by atoms with Crippen molar-refractivity contribution >= 4 is 6.09 Å². The molecule has 0 rings (SSSR count). The Morgan fingerprint density at radius 3 is 2.32 bits per heavy atom. The van der Waals surface area contributed by atoms with Crippen LogP contribution in [0.3, 0.4) is 0 Å². The van der Waals surface area contributed by atoms with Gasteiger partial charge in [0.15, 0.2) is 0 Å². The van der Waals surface area contributed by atoms with Gasteiger partial charge < -0.3 is 26.4 Å². The summed E-state index contributed by atoms with van der Waals surface area (Å²) in [7, 11) is 1.96. The number of rotatable bonds is 13. The second-order valence-electron chi connectivity index (χ2n) is 4.26. The zero-order chi connectivity index (χ0) is 14.2. The molecule has 0 heterocycles. The Kier molecular flexibility index (Phi) is 14.1. The molecule has 5 N–H and O–H groups in total. The van der Waals surface area contributed by atoms with Crippen LogP contribution >= 0.6 is 0 Å². The van der Waals surface area contributed by atoms with Gasteiger partial charge in [0.1, 0.15) is 0 Å². The maximum atomic E-state index is 10.2. The van der Waals surface area contributed by atoms with Crippen LogP contribution in [0, 0.1) is 0 Å². The van der Waals surface area contributed by atoms with Crippen molar-refractivity contribution in [3.8, 4) is 0 Å². The first-order chi connectivity index (χ1) is 9.27. The summed E-state index contributed by atoms with van der Waals surface area (Å²) in [6.07, 6.45) is 6.14. The van der Waals surface area contributed by atoms with E-state index in [1.807, 2.05) is 19.2 Å². The van der Waals surface area contributed by atoms with E-state index in [0.717, 1.165) is 39.1 Å². The summed E-state index contributed by atoms with van der Waals surface area (Å²) in [5.74, 6) is 0. The highest BCUT2D eigenvalue weighted by Crippen LogP contribution is 1.85. The van der Waals surface area contributed by atoms with Crippen LogP contribution in [0.2, 0.25) is 0 Å². The quantitative estimate of drug-likeness (QED) is 0.247. The average Bonchev–Trinajstić information content (AvgIpc) is 2.39. The van der Waals surface area contributed by atoms with Crippen molar-refractivity contribution in [2.45, 2.75) is 19.3 Å². The summed E-state index contributed by atoms with van der Waals surface area (Å²) < 4.78 is 0. The van der Waals surface area contributed by atoms with Crippen molar-refractivity contribution in [3.63, 3.8) is 0 Å². The van der Waals surface area contributed by atoms with Crippen molar-refractivity contribution in [2.75, 3.05) is 46.3 Å². The molecule has 1 amide bonds. The van der Waals surface area contributed by atoms with E-state index in [-0.39, 0.29) is 0 Å². The van der Waals surface area contributed by atoms with Gasteiger partial charge in [-0.05, 0) is 45.9 Å². The fourth-order valence-corrected chi connectivity index (χ4v) is 1.50. The third-order valence-electron chi connectivity index (χ3n) is 2.53. The zero-order valence-electron chi connectivity index (χ0n) is 11.9. The molecule has 0 saturated heterocycles. The van der Waals surface area contributed by atoms with Crippen molar-refractivity contribution in [1.29, 1.82) is 0 Å². The summed E-state index contributed by atoms with van der Waals surface area (Å²) in [6, 6.07) is 0. The molecule has 0 aliphatic rings. The molecule has 0 atom stereocenters. The number of unbranched alkanes of at least 4 members (excludes halogenated alkanes) is 1. The van der Waals surface area contributed by atoms with Crippen LogP contribution in [0.25, 0.3) is 0 Å². The van der Waals surface area contributed by atoms with Gasteiger partial charge in [0, 0.05) is 19.6 Å². The molecule has 112 valence electrons. The number of amides is 1. The van der Waals surface area contributed by atoms with E-state index in [1.54, 1.807) is 0 Å². The minimum atomic E-state index is -0.980. The monoisotopic (exact) mass is 272 g/mol. The van der Waals surface area contributed by atoms with E-state index in [0.29, 0.717) is 6.54 Å². The molecule has 19 heavy (non-hydrogen) atoms. The molecular weight excluding hydrogens is 244 g/mol. The molecule has 0 fully saturated rings. The van der Waals surface area contributed by atoms with Crippen LogP contribution in [-0.2, 0) is 0 Å². The number of likely N-dealkylation sites (N-methyl/N-ethyl adjacent to an activating group) is 1. The van der Waals surface area contributed by atoms with E-state index in [4.69, 9.17) is 5.11 Å². The SMILES string of the molecule is CNCCNCCCCNCCC=CCNC(=O)O. The molecule has 0 aliphatic carbocycles. The molecule has 0 aromatic rings. The average molecular weight is 272 g/mol. The molecule has 6 nitrogen and oxygen atoms in total. The van der Waals surface area contributed by atoms with Crippen LogP contribution in [0.15, 0.2) is 12.2 Å². The van der Waals surface area contributed by atoms with E-state index < -0.39 is 6.09 Å². The molecule has 0 aliphatic heterocycles. The van der Waals surface area contributed by atoms with Gasteiger partial charge in [0.25, 0.3) is 0 Å². The van der Waals surface area contributed by atoms with Gasteiger partial charge in [-0.3, -0.25) is 0 Å². The topological polar surface area (TPSA) is 85.4 Å². The van der Waals surface area contributed by atoms with Crippen LogP contribution < -0.4 is 21.3 Å². The summed E-state index contributed by atoms with van der Waals surface area (Å²) in [4.78, 5) is 10.2. The van der Waals surface area contributed by atoms with Gasteiger partial charge in [-0.15, -0.1) is 0 Å². The molecule has 0 unspecified atom stereocenters. The van der Waals surface area contributed by atoms with E-state index >= 15 is 0 Å². The van der Waals surface area contributed by atoms with Crippen LogP contribution in [0.1, 0.15) is 19.3 Å². The predicted octanol–water partition coefficient (Wildman–Crippen LogP) is 0.379. The molecule has 0 saturated carbocycles. The highest BCUT2D eigenvalue weighted by atomic mass is 16.4. The highest BCUT2D eigenvalue weighted by Gasteiger charge is 1.90. The number of hydrogen-bond acceptors (Lipinski definition) is 4. The number of hydrogen-bond donors (Lipinski definition) is 5. The fourth-order valence-electron chi connectivity index (χ4n) is 1.50. The number of carboxylic acid groups (broad SMARTS) is 1. The van der Waals surface area contributed by atoms with Gasteiger partial charge in [0.05, 0.1) is 0 Å². The molecule has 0 bridgehead atoms. The standard InChI is InChI=1S/C13H28N4O2/c1-14-11-12-16-9-6-5-8-15-7-3-2-4-10-17-13(18)19/h2,4,14-17H,3,5-12H2,1H3,(H,18,19). The van der Waals surface area contributed by atoms with Gasteiger partial charge in [-0.1, -0.05) is 12.2 Å². The van der Waals surface area contributed by atoms with Crippen LogP contribution in [0.4, 0.5) is 4.79 Å². The smallest absolute Gasteiger partial charge is 0.404 e. The third-order valence-corrected chi connectivity index (χ3v) is 2.53. The maximum Gasteiger partial charge on any atom is 0.404 e. The second kappa shape index (κ2) is 14.9. The first-order valence-electron chi connectivity index (χ1n) is 6.95. The zero-order valence-corrected chi connectivity index (χ0v) is 11.9. The van der Waals surface area contributed by atoms with E-state index in [9.17, 15) is 4.79 Å². The van der Waals surface area contributed by atoms with Crippen molar-refractivity contribution in [2.24, 2.45) is 0 Å². The predicted molar refractivity (Wildman–Crippen MR) is 78.7 cm³/mol. The van der Waals surface area contributed by atoms with Crippen molar-refractivity contribution < 1.29 is 9.90 Å². The number of carbonyl (C=O) groups is 1. The minimum Gasteiger partial charge on any atom is -0.465 e. The Morgan fingerprint density at radius 1 is 1.00 bits per heavy atom. The van der Waals surface area contributed by atoms with Gasteiger partial charge in [-0.2, -0.15) is 0 Å². The highest BCUT2D eigenvalue weighted by molar-refractivity contribution is 5.64. The third kappa shape index (κ3) is 16.9. The molecule has 6 heteroatoms. The van der Waals surface area contributed by atoms with Gasteiger partial charge >= 0.3 is 6.09 Å². The molecule has 0 spiro atoms. The lowest BCUT2D eigenvalue weighted by molar-refractivity contribution is 0.195. The largest absolute Gasteiger partial charge is 0.465 e. The first-order valence-corrected chi connectivity index (χ1v) is 6.95. The molecule has 0 aromatic heterocycles. The maximum absolute atomic E-state index is 10.2. The van der Waals surface area contributed by atoms with Crippen LogP contribution in [-0.4, -0.2) is 57.5 Å². The lowest BCUT2D eigenvalue weighted by atomic mass is 10.3. The lowest BCUT2D eigenvalue weighted by Gasteiger charge is -2.05. The van der Waals surface area contributed by atoms with Gasteiger partial charge in [-0.25, -0.2) is 4.79 Å². The van der Waals surface area contributed by atoms with Gasteiger partial charge in [0.2, 0.25) is 0 Å². The summed E-state index contributed by atoms with van der Waals surface area (Å²) in [6.45, 7) is 5.48. The lowest BCUT2D eigenvalue weighted by Crippen LogP contribution is -2.26. The van der Waals surface area contributed by atoms with E-state index in [2.05, 4.69) is 21.3 Å². The Balaban J connectivity index is 3.04. The van der Waals surface area contributed by atoms with E-state index in [1.165, 1.54) is 12.8 Å². The molecule has 0 aromatic carbocycles. The Bertz CT molecular complexity index is 235. The fraction of sp³-hybridized carbons (Fsp3) is 0.769. The normalized spacial score (nSPS) is 11.0. The van der Waals surface area contributed by atoms with Crippen molar-refractivity contribution in [3.05, 3.63) is 12.2 Å². The molecule has 0 radical (unpaired) electrons. The summed E-state index contributed by atoms with van der Waals surface area (Å²) in [5, 5.41) is 20.4. The van der Waals surface area contributed by atoms with Crippen molar-refractivity contribution in [1.82, 2.24) is 21.3 Å². The Labute approximate surface area is 116 Å².